The first-order valence-corrected chi connectivity index (χ1v) is 8.78. The molecule has 0 unspecified atom stereocenters. The first kappa shape index (κ1) is 16.7. The molecule has 2 heterocycles. The van der Waals surface area contributed by atoms with E-state index in [0.29, 0.717) is 0 Å². The lowest BCUT2D eigenvalue weighted by molar-refractivity contribution is -0.936. The van der Waals surface area contributed by atoms with E-state index in [1.807, 2.05) is 23.6 Å². The lowest BCUT2D eigenvalue weighted by Gasteiger charge is -2.35. The Bertz CT molecular complexity index is 891. The summed E-state index contributed by atoms with van der Waals surface area (Å²) in [5, 5.41) is 0. The minimum Gasteiger partial charge on any atom is -0.319 e. The number of benzene rings is 1. The summed E-state index contributed by atoms with van der Waals surface area (Å²) in [6, 6.07) is 8.15. The molecule has 0 amide bonds. The number of ketones is 1. The van der Waals surface area contributed by atoms with Crippen molar-refractivity contribution in [1.82, 2.24) is 14.0 Å². The summed E-state index contributed by atoms with van der Waals surface area (Å²) in [7, 11) is 2.01. The average Bonchev–Trinajstić information content (AvgIpc) is 3.09. The van der Waals surface area contributed by atoms with E-state index < -0.39 is 0 Å². The van der Waals surface area contributed by atoms with E-state index in [1.54, 1.807) is 6.92 Å². The lowest BCUT2D eigenvalue weighted by Crippen LogP contribution is -2.47. The van der Waals surface area contributed by atoms with Gasteiger partial charge in [-0.15, -0.1) is 0 Å². The molecular formula is C19H27N4O+. The largest absolute Gasteiger partial charge is 0.319 e. The summed E-state index contributed by atoms with van der Waals surface area (Å²) in [6.07, 6.45) is 0. The SMILES string of the molecule is CC[N+](CC)(CC)Cc1nc2n(C)c3ccccc3n2c1C(C)=O. The highest BCUT2D eigenvalue weighted by molar-refractivity contribution is 5.97. The van der Waals surface area contributed by atoms with Crippen LogP contribution >= 0.6 is 0 Å². The fourth-order valence-electron chi connectivity index (χ4n) is 3.75. The number of nitrogens with zero attached hydrogens (tertiary/aromatic N) is 4. The van der Waals surface area contributed by atoms with Crippen molar-refractivity contribution >= 4 is 22.6 Å². The summed E-state index contributed by atoms with van der Waals surface area (Å²) in [4.78, 5) is 17.4. The minimum absolute atomic E-state index is 0.0789. The van der Waals surface area contributed by atoms with Gasteiger partial charge in [-0.1, -0.05) is 12.1 Å². The second-order valence-electron chi connectivity index (χ2n) is 6.59. The molecule has 0 fully saturated rings. The molecule has 0 aliphatic heterocycles. The number of hydrogen-bond acceptors (Lipinski definition) is 2. The Morgan fingerprint density at radius 3 is 2.21 bits per heavy atom. The molecule has 0 spiro atoms. The number of aromatic nitrogens is 3. The zero-order valence-corrected chi connectivity index (χ0v) is 15.3. The molecule has 24 heavy (non-hydrogen) atoms. The van der Waals surface area contributed by atoms with Crippen molar-refractivity contribution in [2.45, 2.75) is 34.2 Å². The van der Waals surface area contributed by atoms with Crippen LogP contribution in [0.2, 0.25) is 0 Å². The number of carbonyl (C=O) groups is 1. The van der Waals surface area contributed by atoms with Crippen LogP contribution in [-0.4, -0.2) is 43.9 Å². The summed E-state index contributed by atoms with van der Waals surface area (Å²) in [5.74, 6) is 0.924. The van der Waals surface area contributed by atoms with Gasteiger partial charge in [-0.3, -0.25) is 9.20 Å². The minimum atomic E-state index is 0.0789. The molecule has 5 heteroatoms. The zero-order valence-electron chi connectivity index (χ0n) is 15.3. The van der Waals surface area contributed by atoms with Crippen LogP contribution in [0, 0.1) is 0 Å². The number of carbonyl (C=O) groups excluding carboxylic acids is 1. The van der Waals surface area contributed by atoms with E-state index >= 15 is 0 Å². The molecule has 5 nitrogen and oxygen atoms in total. The second kappa shape index (κ2) is 6.06. The van der Waals surface area contributed by atoms with E-state index in [9.17, 15) is 4.79 Å². The number of imidazole rings is 2. The van der Waals surface area contributed by atoms with Gasteiger partial charge in [0.1, 0.15) is 17.9 Å². The molecule has 0 aliphatic rings. The zero-order chi connectivity index (χ0) is 17.5. The number of hydrogen-bond donors (Lipinski definition) is 0. The van der Waals surface area contributed by atoms with Gasteiger partial charge >= 0.3 is 0 Å². The number of rotatable bonds is 6. The van der Waals surface area contributed by atoms with Crippen molar-refractivity contribution in [2.75, 3.05) is 19.6 Å². The first-order valence-electron chi connectivity index (χ1n) is 8.78. The van der Waals surface area contributed by atoms with Crippen LogP contribution in [0.5, 0.6) is 0 Å². The standard InChI is InChI=1S/C19H27N4O/c1-6-23(7-2,8-3)13-15-18(14(4)24)22-17-12-10-9-11-16(17)21(5)19(22)20-15/h9-12H,6-8,13H2,1-5H3/q+1. The van der Waals surface area contributed by atoms with E-state index in [-0.39, 0.29) is 5.78 Å². The molecule has 0 N–H and O–H groups in total. The van der Waals surface area contributed by atoms with Gasteiger partial charge in [0, 0.05) is 14.0 Å². The molecule has 0 radical (unpaired) electrons. The summed E-state index contributed by atoms with van der Waals surface area (Å²) in [5.41, 5.74) is 3.79. The molecule has 0 atom stereocenters. The van der Waals surface area contributed by atoms with Crippen LogP contribution in [0.4, 0.5) is 0 Å². The molecule has 1 aromatic carbocycles. The van der Waals surface area contributed by atoms with Crippen molar-refractivity contribution in [3.8, 4) is 0 Å². The maximum atomic E-state index is 12.5. The predicted molar refractivity (Wildman–Crippen MR) is 97.3 cm³/mol. The topological polar surface area (TPSA) is 39.3 Å². The maximum Gasteiger partial charge on any atom is 0.215 e. The Morgan fingerprint density at radius 2 is 1.67 bits per heavy atom. The third-order valence-corrected chi connectivity index (χ3v) is 5.55. The van der Waals surface area contributed by atoms with Gasteiger partial charge in [-0.05, 0) is 32.9 Å². The fraction of sp³-hybridized carbons (Fsp3) is 0.474. The van der Waals surface area contributed by atoms with Crippen molar-refractivity contribution < 1.29 is 9.28 Å². The lowest BCUT2D eigenvalue weighted by atomic mass is 10.2. The normalized spacial score (nSPS) is 12.4. The highest BCUT2D eigenvalue weighted by atomic mass is 16.1. The molecule has 2 aromatic heterocycles. The van der Waals surface area contributed by atoms with E-state index in [0.717, 1.165) is 58.9 Å². The van der Waals surface area contributed by atoms with Gasteiger partial charge in [0.25, 0.3) is 0 Å². The van der Waals surface area contributed by atoms with Crippen molar-refractivity contribution in [2.24, 2.45) is 7.05 Å². The van der Waals surface area contributed by atoms with E-state index in [1.165, 1.54) is 0 Å². The van der Waals surface area contributed by atoms with Gasteiger partial charge in [0.2, 0.25) is 5.78 Å². The Balaban J connectivity index is 2.28. The van der Waals surface area contributed by atoms with Crippen molar-refractivity contribution in [1.29, 1.82) is 0 Å². The predicted octanol–water partition coefficient (Wildman–Crippen LogP) is 3.41. The van der Waals surface area contributed by atoms with Crippen molar-refractivity contribution in [3.63, 3.8) is 0 Å². The van der Waals surface area contributed by atoms with Gasteiger partial charge in [0.05, 0.1) is 30.7 Å². The van der Waals surface area contributed by atoms with Crippen LogP contribution in [0.3, 0.4) is 0 Å². The molecular weight excluding hydrogens is 300 g/mol. The van der Waals surface area contributed by atoms with E-state index in [2.05, 4.69) is 37.5 Å². The average molecular weight is 327 g/mol. The Hall–Kier alpha value is -2.14. The molecule has 0 bridgehead atoms. The number of para-hydroxylation sites is 2. The maximum absolute atomic E-state index is 12.5. The number of quaternary nitrogens is 1. The molecule has 3 rings (SSSR count). The fourth-order valence-corrected chi connectivity index (χ4v) is 3.75. The van der Waals surface area contributed by atoms with Crippen LogP contribution in [0.15, 0.2) is 24.3 Å². The van der Waals surface area contributed by atoms with Crippen LogP contribution in [-0.2, 0) is 13.6 Å². The molecule has 0 aliphatic carbocycles. The van der Waals surface area contributed by atoms with E-state index in [4.69, 9.17) is 4.98 Å². The van der Waals surface area contributed by atoms with Gasteiger partial charge < -0.3 is 9.05 Å². The third-order valence-electron chi connectivity index (χ3n) is 5.55. The smallest absolute Gasteiger partial charge is 0.215 e. The second-order valence-corrected chi connectivity index (χ2v) is 6.59. The monoisotopic (exact) mass is 327 g/mol. The van der Waals surface area contributed by atoms with Crippen LogP contribution in [0.25, 0.3) is 16.8 Å². The van der Waals surface area contributed by atoms with Crippen LogP contribution < -0.4 is 0 Å². The number of aryl methyl sites for hydroxylation is 1. The van der Waals surface area contributed by atoms with Crippen LogP contribution in [0.1, 0.15) is 43.9 Å². The first-order chi connectivity index (χ1) is 11.5. The Morgan fingerprint density at radius 1 is 1.08 bits per heavy atom. The third kappa shape index (κ3) is 2.35. The van der Waals surface area contributed by atoms with Crippen molar-refractivity contribution in [3.05, 3.63) is 35.7 Å². The number of Topliss-reactive ketones (excluding diaryl/α,β-unsaturated/α-hetero) is 1. The molecule has 128 valence electrons. The van der Waals surface area contributed by atoms with Gasteiger partial charge in [-0.2, -0.15) is 0 Å². The quantitative estimate of drug-likeness (QED) is 0.514. The number of fused-ring (bicyclic) bond motifs is 3. The van der Waals surface area contributed by atoms with Gasteiger partial charge in [-0.25, -0.2) is 4.98 Å². The Labute approximate surface area is 143 Å². The molecule has 0 saturated carbocycles. The summed E-state index contributed by atoms with van der Waals surface area (Å²) < 4.78 is 5.05. The van der Waals surface area contributed by atoms with Gasteiger partial charge in [0.15, 0.2) is 5.78 Å². The molecule has 0 saturated heterocycles. The Kier molecular flexibility index (Phi) is 4.22. The molecule has 3 aromatic rings. The highest BCUT2D eigenvalue weighted by Crippen LogP contribution is 2.26. The summed E-state index contributed by atoms with van der Waals surface area (Å²) in [6.45, 7) is 12.2. The highest BCUT2D eigenvalue weighted by Gasteiger charge is 2.29. The summed E-state index contributed by atoms with van der Waals surface area (Å²) >= 11 is 0.